The molecule has 0 saturated carbocycles. The zero-order chi connectivity index (χ0) is 15.4. The van der Waals surface area contributed by atoms with Crippen LogP contribution in [0.3, 0.4) is 0 Å². The van der Waals surface area contributed by atoms with Gasteiger partial charge in [-0.3, -0.25) is 0 Å². The van der Waals surface area contributed by atoms with Crippen molar-refractivity contribution >= 4 is 37.3 Å². The van der Waals surface area contributed by atoms with Gasteiger partial charge in [0.05, 0.1) is 10.6 Å². The molecule has 0 spiro atoms. The molecule has 0 atom stereocenters. The Kier molecular flexibility index (Phi) is 5.59. The minimum Gasteiger partial charge on any atom is -0.389 e. The van der Waals surface area contributed by atoms with Gasteiger partial charge in [-0.15, -0.1) is 0 Å². The summed E-state index contributed by atoms with van der Waals surface area (Å²) < 4.78 is 47.6. The first kappa shape index (κ1) is 17.0. The molecular weight excluding hydrogens is 322 g/mol. The number of thiocarbonyl (C=S) groups is 1. The summed E-state index contributed by atoms with van der Waals surface area (Å²) >= 11 is 4.77. The summed E-state index contributed by atoms with van der Waals surface area (Å²) in [6.07, 6.45) is 0.0903. The Hall–Kier alpha value is -1.07. The number of sulfonamides is 2. The molecule has 10 heteroatoms. The molecule has 112 valence electrons. The highest BCUT2D eigenvalue weighted by molar-refractivity contribution is 7.89. The Morgan fingerprint density at radius 3 is 2.45 bits per heavy atom. The molecule has 0 amide bonds. The lowest BCUT2D eigenvalue weighted by atomic mass is 10.2. The van der Waals surface area contributed by atoms with Gasteiger partial charge in [0.2, 0.25) is 20.0 Å². The van der Waals surface area contributed by atoms with E-state index in [-0.39, 0.29) is 28.6 Å². The number of hydrogen-bond donors (Lipinski definition) is 3. The van der Waals surface area contributed by atoms with E-state index in [1.165, 1.54) is 18.2 Å². The van der Waals surface area contributed by atoms with Gasteiger partial charge < -0.3 is 5.73 Å². The number of nitrogens with two attached hydrogens (primary N) is 2. The van der Waals surface area contributed by atoms with Gasteiger partial charge in [-0.25, -0.2) is 26.7 Å². The quantitative estimate of drug-likeness (QED) is 0.444. The number of primary sulfonamides is 1. The molecule has 0 heterocycles. The van der Waals surface area contributed by atoms with Gasteiger partial charge in [0.15, 0.2) is 0 Å². The molecule has 0 fully saturated rings. The van der Waals surface area contributed by atoms with Crippen molar-refractivity contribution in [1.29, 1.82) is 0 Å². The largest absolute Gasteiger partial charge is 0.389 e. The van der Waals surface area contributed by atoms with E-state index in [4.69, 9.17) is 23.1 Å². The lowest BCUT2D eigenvalue weighted by Gasteiger charge is -2.07. The lowest BCUT2D eigenvalue weighted by Crippen LogP contribution is -2.27. The van der Waals surface area contributed by atoms with Crippen molar-refractivity contribution in [2.24, 2.45) is 10.9 Å². The SMILES string of the molecule is NC(=S)c1cccc(S(=O)(=O)NCCCS(N)(=O)=O)c1. The smallest absolute Gasteiger partial charge is 0.240 e. The summed E-state index contributed by atoms with van der Waals surface area (Å²) in [5, 5.41) is 4.82. The molecule has 7 nitrogen and oxygen atoms in total. The highest BCUT2D eigenvalue weighted by atomic mass is 32.2. The van der Waals surface area contributed by atoms with Crippen LogP contribution in [-0.4, -0.2) is 34.1 Å². The van der Waals surface area contributed by atoms with E-state index >= 15 is 0 Å². The predicted octanol–water partition coefficient (Wildman–Crippen LogP) is -0.722. The second kappa shape index (κ2) is 6.59. The molecule has 0 saturated heterocycles. The first-order chi connectivity index (χ1) is 9.12. The van der Waals surface area contributed by atoms with E-state index < -0.39 is 20.0 Å². The minimum absolute atomic E-state index is 0.0124. The maximum absolute atomic E-state index is 12.0. The van der Waals surface area contributed by atoms with Crippen molar-refractivity contribution in [3.63, 3.8) is 0 Å². The molecule has 20 heavy (non-hydrogen) atoms. The van der Waals surface area contributed by atoms with Crippen LogP contribution in [0.4, 0.5) is 0 Å². The fraction of sp³-hybridized carbons (Fsp3) is 0.300. The van der Waals surface area contributed by atoms with E-state index in [0.29, 0.717) is 5.56 Å². The highest BCUT2D eigenvalue weighted by Gasteiger charge is 2.14. The van der Waals surface area contributed by atoms with Crippen LogP contribution >= 0.6 is 12.2 Å². The van der Waals surface area contributed by atoms with Crippen LogP contribution in [0.5, 0.6) is 0 Å². The van der Waals surface area contributed by atoms with Gasteiger partial charge in [0.25, 0.3) is 0 Å². The molecule has 1 aromatic carbocycles. The predicted molar refractivity (Wildman–Crippen MR) is 80.1 cm³/mol. The third-order valence-corrected chi connectivity index (χ3v) is 4.88. The van der Waals surface area contributed by atoms with E-state index in [9.17, 15) is 16.8 Å². The summed E-state index contributed by atoms with van der Waals surface area (Å²) in [6, 6.07) is 5.86. The Labute approximate surface area is 123 Å². The van der Waals surface area contributed by atoms with Crippen LogP contribution < -0.4 is 15.6 Å². The van der Waals surface area contributed by atoms with Gasteiger partial charge in [0.1, 0.15) is 4.99 Å². The maximum Gasteiger partial charge on any atom is 0.240 e. The average Bonchev–Trinajstić information content (AvgIpc) is 2.34. The van der Waals surface area contributed by atoms with E-state index in [1.54, 1.807) is 6.07 Å². The number of nitrogens with one attached hydrogen (secondary N) is 1. The second-order valence-corrected chi connectivity index (χ2v) is 7.95. The third-order valence-electron chi connectivity index (χ3n) is 2.33. The van der Waals surface area contributed by atoms with E-state index in [2.05, 4.69) is 4.72 Å². The Morgan fingerprint density at radius 1 is 1.25 bits per heavy atom. The Morgan fingerprint density at radius 2 is 1.90 bits per heavy atom. The molecule has 0 aliphatic heterocycles. The molecule has 0 unspecified atom stereocenters. The molecule has 0 aliphatic carbocycles. The van der Waals surface area contributed by atoms with E-state index in [1.807, 2.05) is 0 Å². The minimum atomic E-state index is -3.73. The van der Waals surface area contributed by atoms with Crippen molar-refractivity contribution in [1.82, 2.24) is 4.72 Å². The highest BCUT2D eigenvalue weighted by Crippen LogP contribution is 2.11. The number of benzene rings is 1. The van der Waals surface area contributed by atoms with Gasteiger partial charge in [-0.2, -0.15) is 0 Å². The third kappa shape index (κ3) is 5.51. The molecule has 5 N–H and O–H groups in total. The monoisotopic (exact) mass is 337 g/mol. The zero-order valence-corrected chi connectivity index (χ0v) is 12.9. The van der Waals surface area contributed by atoms with Crippen LogP contribution in [0.15, 0.2) is 29.2 Å². The van der Waals surface area contributed by atoms with Crippen LogP contribution in [0.2, 0.25) is 0 Å². The van der Waals surface area contributed by atoms with Crippen LogP contribution in [-0.2, 0) is 20.0 Å². The van der Waals surface area contributed by atoms with E-state index in [0.717, 1.165) is 0 Å². The molecule has 1 aromatic rings. The topological polar surface area (TPSA) is 132 Å². The molecule has 0 radical (unpaired) electrons. The number of hydrogen-bond acceptors (Lipinski definition) is 5. The van der Waals surface area contributed by atoms with Crippen LogP contribution in [0.1, 0.15) is 12.0 Å². The Balaban J connectivity index is 2.74. The Bertz CT molecular complexity index is 698. The molecule has 1 rings (SSSR count). The summed E-state index contributed by atoms with van der Waals surface area (Å²) in [7, 11) is -7.33. The normalized spacial score (nSPS) is 12.2. The summed E-state index contributed by atoms with van der Waals surface area (Å²) in [6.45, 7) is -0.0317. The van der Waals surface area contributed by atoms with Crippen LogP contribution in [0.25, 0.3) is 0 Å². The average molecular weight is 337 g/mol. The van der Waals surface area contributed by atoms with Gasteiger partial charge in [0, 0.05) is 12.1 Å². The fourth-order valence-corrected chi connectivity index (χ4v) is 3.17. The van der Waals surface area contributed by atoms with Crippen molar-refractivity contribution in [2.45, 2.75) is 11.3 Å². The van der Waals surface area contributed by atoms with Crippen LogP contribution in [0, 0.1) is 0 Å². The first-order valence-corrected chi connectivity index (χ1v) is 9.12. The van der Waals surface area contributed by atoms with Gasteiger partial charge >= 0.3 is 0 Å². The second-order valence-electron chi connectivity index (χ2n) is 4.01. The van der Waals surface area contributed by atoms with Gasteiger partial charge in [-0.1, -0.05) is 24.4 Å². The molecule has 0 bridgehead atoms. The maximum atomic E-state index is 12.0. The molecular formula is C10H15N3O4S3. The van der Waals surface area contributed by atoms with Crippen molar-refractivity contribution in [3.05, 3.63) is 29.8 Å². The number of rotatable bonds is 7. The standard InChI is InChI=1S/C10H15N3O4S3/c11-10(18)8-3-1-4-9(7-8)20(16,17)13-5-2-6-19(12,14)15/h1,3-4,7,13H,2,5-6H2,(H2,11,18)(H2,12,14,15). The van der Waals surface area contributed by atoms with Gasteiger partial charge in [-0.05, 0) is 18.6 Å². The molecule has 0 aromatic heterocycles. The van der Waals surface area contributed by atoms with Crippen molar-refractivity contribution in [3.8, 4) is 0 Å². The molecule has 0 aliphatic rings. The summed E-state index contributed by atoms with van der Waals surface area (Å²) in [5.41, 5.74) is 5.87. The zero-order valence-electron chi connectivity index (χ0n) is 10.4. The first-order valence-electron chi connectivity index (χ1n) is 5.52. The van der Waals surface area contributed by atoms with Crippen molar-refractivity contribution < 1.29 is 16.8 Å². The summed E-state index contributed by atoms with van der Waals surface area (Å²) in [4.78, 5) is 0.106. The van der Waals surface area contributed by atoms with Crippen molar-refractivity contribution in [2.75, 3.05) is 12.3 Å². The lowest BCUT2D eigenvalue weighted by molar-refractivity contribution is 0.576. The fourth-order valence-electron chi connectivity index (χ4n) is 1.38. The summed E-state index contributed by atoms with van der Waals surface area (Å²) in [5.74, 6) is -0.289.